The standard InChI is InChI=1S/C9H11Br2N3S/c1-2-3-12-9(15)14-8-7(11)4-6(10)5-13-8/h4-5H,2-3H2,1H3,(H2,12,13,14,15). The highest BCUT2D eigenvalue weighted by atomic mass is 79.9. The van der Waals surface area contributed by atoms with Crippen molar-refractivity contribution in [2.75, 3.05) is 11.9 Å². The highest BCUT2D eigenvalue weighted by Gasteiger charge is 2.03. The van der Waals surface area contributed by atoms with E-state index in [1.807, 2.05) is 6.07 Å². The summed E-state index contributed by atoms with van der Waals surface area (Å²) in [6, 6.07) is 1.91. The van der Waals surface area contributed by atoms with Gasteiger partial charge in [0.15, 0.2) is 5.11 Å². The summed E-state index contributed by atoms with van der Waals surface area (Å²) in [5.74, 6) is 0.715. The van der Waals surface area contributed by atoms with Gasteiger partial charge in [0, 0.05) is 17.2 Å². The average molecular weight is 353 g/mol. The van der Waals surface area contributed by atoms with Gasteiger partial charge in [0.1, 0.15) is 5.82 Å². The number of halogens is 2. The van der Waals surface area contributed by atoms with Gasteiger partial charge < -0.3 is 10.6 Å². The van der Waals surface area contributed by atoms with Crippen LogP contribution in [-0.4, -0.2) is 16.6 Å². The quantitative estimate of drug-likeness (QED) is 0.818. The van der Waals surface area contributed by atoms with Crippen LogP contribution in [0.5, 0.6) is 0 Å². The van der Waals surface area contributed by atoms with Gasteiger partial charge >= 0.3 is 0 Å². The number of anilines is 1. The van der Waals surface area contributed by atoms with E-state index in [9.17, 15) is 0 Å². The van der Waals surface area contributed by atoms with E-state index in [2.05, 4.69) is 54.4 Å². The van der Waals surface area contributed by atoms with Crippen molar-refractivity contribution in [3.05, 3.63) is 21.2 Å². The molecule has 0 fully saturated rings. The number of hydrogen-bond donors (Lipinski definition) is 2. The molecule has 0 saturated carbocycles. The molecule has 15 heavy (non-hydrogen) atoms. The van der Waals surface area contributed by atoms with Crippen molar-refractivity contribution in [3.8, 4) is 0 Å². The first kappa shape index (κ1) is 12.9. The Morgan fingerprint density at radius 3 is 2.87 bits per heavy atom. The molecule has 0 aliphatic carbocycles. The largest absolute Gasteiger partial charge is 0.362 e. The van der Waals surface area contributed by atoms with Gasteiger partial charge in [-0.3, -0.25) is 0 Å². The van der Waals surface area contributed by atoms with Crippen LogP contribution in [0.2, 0.25) is 0 Å². The van der Waals surface area contributed by atoms with Crippen molar-refractivity contribution in [3.63, 3.8) is 0 Å². The summed E-state index contributed by atoms with van der Waals surface area (Å²) in [6.45, 7) is 2.95. The van der Waals surface area contributed by atoms with E-state index in [1.165, 1.54) is 0 Å². The van der Waals surface area contributed by atoms with E-state index in [0.29, 0.717) is 10.9 Å². The molecule has 0 bridgehead atoms. The lowest BCUT2D eigenvalue weighted by atomic mass is 10.4. The topological polar surface area (TPSA) is 37.0 Å². The van der Waals surface area contributed by atoms with Gasteiger partial charge in [-0.1, -0.05) is 6.92 Å². The lowest BCUT2D eigenvalue weighted by molar-refractivity contribution is 0.846. The van der Waals surface area contributed by atoms with Crippen LogP contribution in [0.15, 0.2) is 21.2 Å². The third-order valence-corrected chi connectivity index (χ3v) is 2.86. The van der Waals surface area contributed by atoms with E-state index >= 15 is 0 Å². The molecule has 6 heteroatoms. The summed E-state index contributed by atoms with van der Waals surface area (Å²) in [4.78, 5) is 4.19. The van der Waals surface area contributed by atoms with Crippen LogP contribution < -0.4 is 10.6 Å². The van der Waals surface area contributed by atoms with Crippen molar-refractivity contribution in [1.82, 2.24) is 10.3 Å². The zero-order valence-corrected chi connectivity index (χ0v) is 12.2. The maximum atomic E-state index is 5.10. The molecule has 1 heterocycles. The van der Waals surface area contributed by atoms with Crippen molar-refractivity contribution in [2.45, 2.75) is 13.3 Å². The second kappa shape index (κ2) is 6.40. The fourth-order valence-electron chi connectivity index (χ4n) is 0.897. The maximum absolute atomic E-state index is 5.10. The van der Waals surface area contributed by atoms with E-state index in [4.69, 9.17) is 12.2 Å². The van der Waals surface area contributed by atoms with Crippen LogP contribution in [0.3, 0.4) is 0 Å². The van der Waals surface area contributed by atoms with Crippen LogP contribution in [0.25, 0.3) is 0 Å². The lowest BCUT2D eigenvalue weighted by Crippen LogP contribution is -2.29. The Morgan fingerprint density at radius 1 is 1.53 bits per heavy atom. The summed E-state index contributed by atoms with van der Waals surface area (Å²) in [7, 11) is 0. The number of thiocarbonyl (C=S) groups is 1. The third-order valence-electron chi connectivity index (χ3n) is 1.58. The summed E-state index contributed by atoms with van der Waals surface area (Å²) in [5.41, 5.74) is 0. The molecule has 3 nitrogen and oxygen atoms in total. The molecule has 0 atom stereocenters. The highest BCUT2D eigenvalue weighted by Crippen LogP contribution is 2.23. The van der Waals surface area contributed by atoms with Crippen molar-refractivity contribution < 1.29 is 0 Å². The number of rotatable bonds is 3. The minimum atomic E-state index is 0.590. The first-order chi connectivity index (χ1) is 7.13. The van der Waals surface area contributed by atoms with Gasteiger partial charge in [-0.15, -0.1) is 0 Å². The van der Waals surface area contributed by atoms with Gasteiger partial charge in [0.25, 0.3) is 0 Å². The van der Waals surface area contributed by atoms with Crippen molar-refractivity contribution in [2.24, 2.45) is 0 Å². The fraction of sp³-hybridized carbons (Fsp3) is 0.333. The first-order valence-corrected chi connectivity index (χ1v) is 6.48. The molecule has 0 spiro atoms. The van der Waals surface area contributed by atoms with Crippen molar-refractivity contribution in [1.29, 1.82) is 0 Å². The molecule has 0 aliphatic heterocycles. The molecule has 0 radical (unpaired) electrons. The Bertz CT molecular complexity index is 357. The molecule has 0 amide bonds. The Kier molecular flexibility index (Phi) is 5.49. The Morgan fingerprint density at radius 2 is 2.27 bits per heavy atom. The van der Waals surface area contributed by atoms with Gasteiger partial charge in [0.05, 0.1) is 4.47 Å². The molecule has 0 aromatic carbocycles. The minimum absolute atomic E-state index is 0.590. The molecule has 2 N–H and O–H groups in total. The zero-order valence-electron chi connectivity index (χ0n) is 8.18. The zero-order chi connectivity index (χ0) is 11.3. The number of hydrogen-bond acceptors (Lipinski definition) is 2. The molecule has 0 aliphatic rings. The Hall–Kier alpha value is -0.200. The predicted octanol–water partition coefficient (Wildman–Crippen LogP) is 3.30. The molecular weight excluding hydrogens is 342 g/mol. The third kappa shape index (κ3) is 4.44. The van der Waals surface area contributed by atoms with Gasteiger partial charge in [-0.25, -0.2) is 4.98 Å². The monoisotopic (exact) mass is 351 g/mol. The lowest BCUT2D eigenvalue weighted by Gasteiger charge is -2.10. The molecule has 82 valence electrons. The number of nitrogens with one attached hydrogen (secondary N) is 2. The smallest absolute Gasteiger partial charge is 0.171 e. The summed E-state index contributed by atoms with van der Waals surface area (Å²) >= 11 is 11.8. The van der Waals surface area contributed by atoms with Crippen LogP contribution in [0.4, 0.5) is 5.82 Å². The number of pyridine rings is 1. The second-order valence-corrected chi connectivity index (χ2v) is 5.04. The van der Waals surface area contributed by atoms with Crippen LogP contribution >= 0.6 is 44.1 Å². The molecule has 1 rings (SSSR count). The predicted molar refractivity (Wildman–Crippen MR) is 74.2 cm³/mol. The molecule has 0 saturated heterocycles. The summed E-state index contributed by atoms with van der Waals surface area (Å²) in [6.07, 6.45) is 2.76. The Balaban J connectivity index is 2.60. The normalized spacial score (nSPS) is 9.80. The average Bonchev–Trinajstić information content (AvgIpc) is 2.19. The van der Waals surface area contributed by atoms with Gasteiger partial charge in [-0.2, -0.15) is 0 Å². The SMILES string of the molecule is CCCNC(=S)Nc1ncc(Br)cc1Br. The summed E-state index contributed by atoms with van der Waals surface area (Å²) < 4.78 is 1.80. The van der Waals surface area contributed by atoms with E-state index in [0.717, 1.165) is 21.9 Å². The summed E-state index contributed by atoms with van der Waals surface area (Å²) in [5, 5.41) is 6.67. The van der Waals surface area contributed by atoms with Crippen LogP contribution in [0.1, 0.15) is 13.3 Å². The van der Waals surface area contributed by atoms with Gasteiger partial charge in [-0.05, 0) is 56.6 Å². The number of aromatic nitrogens is 1. The van der Waals surface area contributed by atoms with Crippen LogP contribution in [0, 0.1) is 0 Å². The van der Waals surface area contributed by atoms with Gasteiger partial charge in [0.2, 0.25) is 0 Å². The fourth-order valence-corrected chi connectivity index (χ4v) is 2.18. The molecule has 1 aromatic rings. The molecule has 1 aromatic heterocycles. The van der Waals surface area contributed by atoms with E-state index < -0.39 is 0 Å². The molecular formula is C9H11Br2N3S. The number of nitrogens with zero attached hydrogens (tertiary/aromatic N) is 1. The second-order valence-electron chi connectivity index (χ2n) is 2.86. The maximum Gasteiger partial charge on any atom is 0.171 e. The van der Waals surface area contributed by atoms with E-state index in [-0.39, 0.29) is 0 Å². The minimum Gasteiger partial charge on any atom is -0.362 e. The van der Waals surface area contributed by atoms with Crippen molar-refractivity contribution >= 4 is 55.0 Å². The van der Waals surface area contributed by atoms with E-state index in [1.54, 1.807) is 6.20 Å². The highest BCUT2D eigenvalue weighted by molar-refractivity contribution is 9.11. The Labute approximate surface area is 111 Å². The first-order valence-electron chi connectivity index (χ1n) is 4.49. The molecule has 0 unspecified atom stereocenters. The van der Waals surface area contributed by atoms with Crippen LogP contribution in [-0.2, 0) is 0 Å².